The van der Waals surface area contributed by atoms with E-state index in [1.54, 1.807) is 19.1 Å². The van der Waals surface area contributed by atoms with Crippen LogP contribution in [0.15, 0.2) is 24.3 Å². The number of rotatable bonds is 2. The predicted octanol–water partition coefficient (Wildman–Crippen LogP) is 2.31. The largest absolute Gasteiger partial charge is 0.464 e. The number of nitrogens with one attached hydrogen (secondary N) is 1. The summed E-state index contributed by atoms with van der Waals surface area (Å²) in [5.41, 5.74) is 1.92. The molecule has 4 nitrogen and oxygen atoms in total. The smallest absolute Gasteiger partial charge is 0.356 e. The predicted molar refractivity (Wildman–Crippen MR) is 60.1 cm³/mol. The molecule has 1 N–H and O–H groups in total. The molecule has 0 atom stereocenters. The number of ether oxygens (including phenoxy) is 1. The third-order valence-corrected chi connectivity index (χ3v) is 2.45. The number of esters is 1. The Morgan fingerprint density at radius 3 is 2.82 bits per heavy atom. The van der Waals surface area contributed by atoms with Crippen molar-refractivity contribution in [2.75, 3.05) is 7.11 Å². The highest BCUT2D eigenvalue weighted by molar-refractivity contribution is 5.88. The van der Waals surface area contributed by atoms with Gasteiger partial charge in [0.25, 0.3) is 0 Å². The van der Waals surface area contributed by atoms with Gasteiger partial charge in [-0.1, -0.05) is 12.1 Å². The van der Waals surface area contributed by atoms with Crippen LogP contribution in [0.25, 0.3) is 11.3 Å². The van der Waals surface area contributed by atoms with E-state index in [1.807, 2.05) is 0 Å². The van der Waals surface area contributed by atoms with Gasteiger partial charge in [0, 0.05) is 5.56 Å². The van der Waals surface area contributed by atoms with Crippen LogP contribution < -0.4 is 0 Å². The number of H-pyrrole nitrogens is 1. The van der Waals surface area contributed by atoms with Crippen LogP contribution in [0.4, 0.5) is 4.39 Å². The minimum atomic E-state index is -0.503. The van der Waals surface area contributed by atoms with Crippen molar-refractivity contribution in [3.05, 3.63) is 41.3 Å². The number of hydrogen-bond acceptors (Lipinski definition) is 3. The molecule has 0 aliphatic rings. The monoisotopic (exact) mass is 234 g/mol. The van der Waals surface area contributed by atoms with E-state index in [1.165, 1.54) is 19.2 Å². The molecule has 0 aliphatic heterocycles. The van der Waals surface area contributed by atoms with Gasteiger partial charge in [-0.3, -0.25) is 5.10 Å². The van der Waals surface area contributed by atoms with Gasteiger partial charge in [0.15, 0.2) is 0 Å². The van der Waals surface area contributed by atoms with Gasteiger partial charge >= 0.3 is 5.97 Å². The van der Waals surface area contributed by atoms with Crippen molar-refractivity contribution < 1.29 is 13.9 Å². The van der Waals surface area contributed by atoms with E-state index in [-0.39, 0.29) is 11.5 Å². The highest BCUT2D eigenvalue weighted by atomic mass is 19.1. The van der Waals surface area contributed by atoms with Gasteiger partial charge in [0.2, 0.25) is 0 Å². The standard InChI is InChI=1S/C12H11FN2O2/c1-7-3-4-8(5-9(7)13)10-6-11(15-14-10)12(16)17-2/h3-6H,1-2H3,(H,14,15). The second-order valence-corrected chi connectivity index (χ2v) is 3.62. The van der Waals surface area contributed by atoms with Crippen molar-refractivity contribution in [2.24, 2.45) is 0 Å². The zero-order chi connectivity index (χ0) is 12.4. The highest BCUT2D eigenvalue weighted by Crippen LogP contribution is 2.20. The molecule has 17 heavy (non-hydrogen) atoms. The summed E-state index contributed by atoms with van der Waals surface area (Å²) in [5.74, 6) is -0.804. The summed E-state index contributed by atoms with van der Waals surface area (Å²) >= 11 is 0. The van der Waals surface area contributed by atoms with Crippen molar-refractivity contribution in [3.63, 3.8) is 0 Å². The Bertz CT molecular complexity index is 563. The van der Waals surface area contributed by atoms with Crippen LogP contribution in [0, 0.1) is 12.7 Å². The normalized spacial score (nSPS) is 10.3. The molecule has 0 saturated heterocycles. The number of methoxy groups -OCH3 is 1. The topological polar surface area (TPSA) is 55.0 Å². The van der Waals surface area contributed by atoms with Gasteiger partial charge in [-0.05, 0) is 24.6 Å². The molecule has 0 unspecified atom stereocenters. The molecule has 0 aliphatic carbocycles. The number of carbonyl (C=O) groups excluding carboxylic acids is 1. The first-order valence-corrected chi connectivity index (χ1v) is 5.02. The lowest BCUT2D eigenvalue weighted by molar-refractivity contribution is 0.0594. The summed E-state index contributed by atoms with van der Waals surface area (Å²) in [5, 5.41) is 6.48. The van der Waals surface area contributed by atoms with Crippen molar-refractivity contribution in [3.8, 4) is 11.3 Å². The number of nitrogens with zero attached hydrogens (tertiary/aromatic N) is 1. The van der Waals surface area contributed by atoms with E-state index < -0.39 is 5.97 Å². The third-order valence-electron chi connectivity index (χ3n) is 2.45. The van der Waals surface area contributed by atoms with Gasteiger partial charge in [-0.25, -0.2) is 9.18 Å². The minimum absolute atomic E-state index is 0.239. The van der Waals surface area contributed by atoms with E-state index in [0.717, 1.165) is 0 Å². The first kappa shape index (κ1) is 11.3. The fourth-order valence-electron chi connectivity index (χ4n) is 1.44. The van der Waals surface area contributed by atoms with E-state index in [9.17, 15) is 9.18 Å². The maximum Gasteiger partial charge on any atom is 0.356 e. The molecule has 0 fully saturated rings. The lowest BCUT2D eigenvalue weighted by Gasteiger charge is -1.99. The van der Waals surface area contributed by atoms with Gasteiger partial charge in [0.05, 0.1) is 12.8 Å². The van der Waals surface area contributed by atoms with Crippen molar-refractivity contribution >= 4 is 5.97 Å². The second kappa shape index (κ2) is 4.37. The summed E-state index contributed by atoms with van der Waals surface area (Å²) in [6.07, 6.45) is 0. The highest BCUT2D eigenvalue weighted by Gasteiger charge is 2.11. The van der Waals surface area contributed by atoms with Crippen molar-refractivity contribution in [1.82, 2.24) is 10.2 Å². The summed E-state index contributed by atoms with van der Waals surface area (Å²) in [4.78, 5) is 11.2. The Morgan fingerprint density at radius 1 is 1.41 bits per heavy atom. The first-order valence-electron chi connectivity index (χ1n) is 5.02. The Labute approximate surface area is 97.4 Å². The zero-order valence-corrected chi connectivity index (χ0v) is 9.45. The molecule has 0 saturated carbocycles. The van der Waals surface area contributed by atoms with Crippen LogP contribution in [-0.2, 0) is 4.74 Å². The molecule has 2 aromatic rings. The molecule has 1 aromatic heterocycles. The number of hydrogen-bond donors (Lipinski definition) is 1. The van der Waals surface area contributed by atoms with E-state index >= 15 is 0 Å². The summed E-state index contributed by atoms with van der Waals surface area (Å²) < 4.78 is 17.9. The SMILES string of the molecule is COC(=O)c1cc(-c2ccc(C)c(F)c2)n[nH]1. The van der Waals surface area contributed by atoms with Crippen LogP contribution in [0.3, 0.4) is 0 Å². The number of aromatic amines is 1. The molecule has 0 spiro atoms. The Kier molecular flexibility index (Phi) is 2.91. The number of aryl methyl sites for hydroxylation is 1. The molecular weight excluding hydrogens is 223 g/mol. The number of aromatic nitrogens is 2. The summed E-state index contributed by atoms with van der Waals surface area (Å²) in [6, 6.07) is 6.31. The van der Waals surface area contributed by atoms with Crippen LogP contribution >= 0.6 is 0 Å². The van der Waals surface area contributed by atoms with Gasteiger partial charge in [-0.15, -0.1) is 0 Å². The molecule has 2 rings (SSSR count). The van der Waals surface area contributed by atoms with Crippen LogP contribution in [0.2, 0.25) is 0 Å². The van der Waals surface area contributed by atoms with Crippen molar-refractivity contribution in [2.45, 2.75) is 6.92 Å². The molecule has 88 valence electrons. The maximum absolute atomic E-state index is 13.4. The maximum atomic E-state index is 13.4. The summed E-state index contributed by atoms with van der Waals surface area (Å²) in [6.45, 7) is 1.68. The molecule has 5 heteroatoms. The molecule has 0 bridgehead atoms. The van der Waals surface area contributed by atoms with E-state index in [4.69, 9.17) is 0 Å². The van der Waals surface area contributed by atoms with Crippen molar-refractivity contribution in [1.29, 1.82) is 0 Å². The summed E-state index contributed by atoms with van der Waals surface area (Å²) in [7, 11) is 1.29. The number of halogens is 1. The quantitative estimate of drug-likeness (QED) is 0.811. The van der Waals surface area contributed by atoms with Crippen LogP contribution in [-0.4, -0.2) is 23.3 Å². The Hall–Kier alpha value is -2.17. The third kappa shape index (κ3) is 2.18. The van der Waals surface area contributed by atoms with E-state index in [0.29, 0.717) is 16.8 Å². The number of benzene rings is 1. The zero-order valence-electron chi connectivity index (χ0n) is 9.45. The van der Waals surface area contributed by atoms with Gasteiger partial charge in [0.1, 0.15) is 11.5 Å². The average molecular weight is 234 g/mol. The van der Waals surface area contributed by atoms with Crippen LogP contribution in [0.1, 0.15) is 16.1 Å². The molecule has 1 aromatic carbocycles. The van der Waals surface area contributed by atoms with Gasteiger partial charge < -0.3 is 4.74 Å². The molecular formula is C12H11FN2O2. The Balaban J connectivity index is 2.37. The molecule has 0 radical (unpaired) electrons. The molecule has 0 amide bonds. The lowest BCUT2D eigenvalue weighted by Crippen LogP contribution is -2.00. The lowest BCUT2D eigenvalue weighted by atomic mass is 10.1. The first-order chi connectivity index (χ1) is 8.11. The molecule has 1 heterocycles. The second-order valence-electron chi connectivity index (χ2n) is 3.62. The number of carbonyl (C=O) groups is 1. The Morgan fingerprint density at radius 2 is 2.18 bits per heavy atom. The average Bonchev–Trinajstić information content (AvgIpc) is 2.81. The van der Waals surface area contributed by atoms with Gasteiger partial charge in [-0.2, -0.15) is 5.10 Å². The van der Waals surface area contributed by atoms with Crippen LogP contribution in [0.5, 0.6) is 0 Å². The minimum Gasteiger partial charge on any atom is -0.464 e. The fraction of sp³-hybridized carbons (Fsp3) is 0.167. The van der Waals surface area contributed by atoms with E-state index in [2.05, 4.69) is 14.9 Å². The fourth-order valence-corrected chi connectivity index (χ4v) is 1.44.